The van der Waals surface area contributed by atoms with Crippen LogP contribution in [-0.2, 0) is 0 Å². The van der Waals surface area contributed by atoms with Crippen LogP contribution >= 0.6 is 0 Å². The topological polar surface area (TPSA) is 9.23 Å². The van der Waals surface area contributed by atoms with Crippen LogP contribution in [0.5, 0.6) is 5.75 Å². The summed E-state index contributed by atoms with van der Waals surface area (Å²) in [6.45, 7) is 2.25. The Morgan fingerprint density at radius 2 is 1.48 bits per heavy atom. The van der Waals surface area contributed by atoms with E-state index in [-0.39, 0.29) is 17.2 Å². The molecule has 0 heterocycles. The van der Waals surface area contributed by atoms with E-state index in [1.807, 2.05) is 0 Å². The minimum atomic E-state index is -1.07. The fraction of sp³-hybridized carbons (Fsp3) is 0.739. The van der Waals surface area contributed by atoms with Crippen LogP contribution in [0.4, 0.5) is 13.2 Å². The number of benzene rings is 1. The molecule has 0 unspecified atom stereocenters. The molecule has 1 nitrogen and oxygen atoms in total. The van der Waals surface area contributed by atoms with Gasteiger partial charge in [-0.1, -0.05) is 39.0 Å². The van der Waals surface area contributed by atoms with Crippen LogP contribution in [-0.4, -0.2) is 7.11 Å². The van der Waals surface area contributed by atoms with E-state index in [0.717, 1.165) is 43.6 Å². The zero-order valence-electron chi connectivity index (χ0n) is 16.7. The normalized spacial score (nSPS) is 28.9. The third kappa shape index (κ3) is 4.63. The van der Waals surface area contributed by atoms with Gasteiger partial charge in [0.05, 0.1) is 7.11 Å². The van der Waals surface area contributed by atoms with E-state index in [1.165, 1.54) is 52.1 Å². The van der Waals surface area contributed by atoms with Crippen molar-refractivity contribution >= 4 is 0 Å². The molecular weight excluding hydrogens is 349 g/mol. The van der Waals surface area contributed by atoms with E-state index >= 15 is 0 Å². The average molecular weight is 383 g/mol. The second-order valence-electron chi connectivity index (χ2n) is 8.64. The molecule has 1 aromatic carbocycles. The summed E-state index contributed by atoms with van der Waals surface area (Å²) in [5.41, 5.74) is -0.0741. The lowest BCUT2D eigenvalue weighted by Crippen LogP contribution is -2.26. The van der Waals surface area contributed by atoms with Gasteiger partial charge in [-0.25, -0.2) is 8.78 Å². The lowest BCUT2D eigenvalue weighted by Gasteiger charge is -2.38. The highest BCUT2D eigenvalue weighted by atomic mass is 19.2. The lowest BCUT2D eigenvalue weighted by atomic mass is 9.68. The molecular formula is C23H33F3O. The van der Waals surface area contributed by atoms with Crippen molar-refractivity contribution in [3.63, 3.8) is 0 Å². The highest BCUT2D eigenvalue weighted by molar-refractivity contribution is 5.34. The van der Waals surface area contributed by atoms with Crippen LogP contribution in [0, 0.1) is 35.2 Å². The zero-order chi connectivity index (χ0) is 19.4. The van der Waals surface area contributed by atoms with Gasteiger partial charge in [-0.3, -0.25) is 0 Å². The second kappa shape index (κ2) is 9.34. The summed E-state index contributed by atoms with van der Waals surface area (Å²) in [4.78, 5) is 0. The number of unbranched alkanes of at least 4 members (excludes halogenated alkanes) is 1. The third-order valence-corrected chi connectivity index (χ3v) is 7.08. The van der Waals surface area contributed by atoms with Crippen molar-refractivity contribution in [3.05, 3.63) is 29.1 Å². The highest BCUT2D eigenvalue weighted by Crippen LogP contribution is 2.46. The van der Waals surface area contributed by atoms with Gasteiger partial charge in [-0.05, 0) is 62.2 Å². The average Bonchev–Trinajstić information content (AvgIpc) is 2.70. The van der Waals surface area contributed by atoms with Gasteiger partial charge in [-0.15, -0.1) is 0 Å². The van der Waals surface area contributed by atoms with E-state index in [1.54, 1.807) is 0 Å². The van der Waals surface area contributed by atoms with Gasteiger partial charge in [0.2, 0.25) is 5.82 Å². The molecule has 0 spiro atoms. The molecule has 3 rings (SSSR count). The van der Waals surface area contributed by atoms with Crippen LogP contribution in [0.2, 0.25) is 0 Å². The second-order valence-corrected chi connectivity index (χ2v) is 8.64. The molecule has 4 heteroatoms. The van der Waals surface area contributed by atoms with Crippen molar-refractivity contribution in [1.29, 1.82) is 0 Å². The molecule has 0 bridgehead atoms. The number of halogens is 3. The molecule has 152 valence electrons. The van der Waals surface area contributed by atoms with E-state index < -0.39 is 17.5 Å². The first-order chi connectivity index (χ1) is 13.0. The van der Waals surface area contributed by atoms with Gasteiger partial charge >= 0.3 is 0 Å². The number of hydrogen-bond donors (Lipinski definition) is 0. The van der Waals surface area contributed by atoms with Crippen molar-refractivity contribution in [1.82, 2.24) is 0 Å². The minimum Gasteiger partial charge on any atom is -0.493 e. The molecule has 27 heavy (non-hydrogen) atoms. The Kier molecular flexibility index (Phi) is 7.10. The number of hydrogen-bond acceptors (Lipinski definition) is 1. The molecule has 0 N–H and O–H groups in total. The Labute approximate surface area is 161 Å². The van der Waals surface area contributed by atoms with Crippen molar-refractivity contribution < 1.29 is 17.9 Å². The molecule has 1 aromatic rings. The maximum absolute atomic E-state index is 14.4. The quantitative estimate of drug-likeness (QED) is 0.466. The summed E-state index contributed by atoms with van der Waals surface area (Å²) in [7, 11) is 1.22. The Morgan fingerprint density at radius 3 is 2.04 bits per heavy atom. The molecule has 0 atom stereocenters. The molecule has 2 aliphatic rings. The van der Waals surface area contributed by atoms with Crippen LogP contribution in [0.25, 0.3) is 0 Å². The van der Waals surface area contributed by atoms with Gasteiger partial charge < -0.3 is 4.74 Å². The van der Waals surface area contributed by atoms with Gasteiger partial charge in [0.15, 0.2) is 11.6 Å². The van der Waals surface area contributed by atoms with Gasteiger partial charge in [0.25, 0.3) is 0 Å². The smallest absolute Gasteiger partial charge is 0.201 e. The van der Waals surface area contributed by atoms with E-state index in [9.17, 15) is 13.2 Å². The summed E-state index contributed by atoms with van der Waals surface area (Å²) >= 11 is 0. The first kappa shape index (κ1) is 20.5. The summed E-state index contributed by atoms with van der Waals surface area (Å²) in [5, 5.41) is 0. The van der Waals surface area contributed by atoms with Crippen LogP contribution in [0.15, 0.2) is 6.07 Å². The van der Waals surface area contributed by atoms with Crippen molar-refractivity contribution in [2.24, 2.45) is 17.8 Å². The fourth-order valence-corrected chi connectivity index (χ4v) is 5.43. The standard InChI is InChI=1S/C23H33F3O/c1-3-4-5-15-6-8-16(9-7-15)17-10-12-18(13-11-17)21-19(24)14-20(27-2)22(25)23(21)26/h14-18H,3-13H2,1-2H3/t15-,16-,17-,18-. The van der Waals surface area contributed by atoms with Crippen molar-refractivity contribution in [2.45, 2.75) is 83.5 Å². The van der Waals surface area contributed by atoms with E-state index in [2.05, 4.69) is 6.92 Å². The Bertz CT molecular complexity index is 615. The number of methoxy groups -OCH3 is 1. The van der Waals surface area contributed by atoms with Crippen LogP contribution < -0.4 is 4.74 Å². The van der Waals surface area contributed by atoms with E-state index in [4.69, 9.17) is 4.74 Å². The maximum Gasteiger partial charge on any atom is 0.201 e. The first-order valence-corrected chi connectivity index (χ1v) is 10.8. The molecule has 0 aromatic heterocycles. The van der Waals surface area contributed by atoms with Gasteiger partial charge in [0, 0.05) is 11.6 Å². The molecule has 0 amide bonds. The predicted molar refractivity (Wildman–Crippen MR) is 103 cm³/mol. The lowest BCUT2D eigenvalue weighted by molar-refractivity contribution is 0.154. The molecule has 2 aliphatic carbocycles. The Hall–Kier alpha value is -1.19. The first-order valence-electron chi connectivity index (χ1n) is 10.8. The third-order valence-electron chi connectivity index (χ3n) is 7.08. The summed E-state index contributed by atoms with van der Waals surface area (Å²) in [6.07, 6.45) is 12.8. The Balaban J connectivity index is 1.56. The minimum absolute atomic E-state index is 0.0741. The predicted octanol–water partition coefficient (Wildman–Crippen LogP) is 7.38. The summed E-state index contributed by atoms with van der Waals surface area (Å²) < 4.78 is 47.5. The van der Waals surface area contributed by atoms with Crippen molar-refractivity contribution in [2.75, 3.05) is 7.11 Å². The number of rotatable bonds is 6. The molecule has 0 saturated heterocycles. The van der Waals surface area contributed by atoms with Crippen LogP contribution in [0.1, 0.15) is 89.0 Å². The fourth-order valence-electron chi connectivity index (χ4n) is 5.43. The van der Waals surface area contributed by atoms with Gasteiger partial charge in [0.1, 0.15) is 5.82 Å². The molecule has 0 radical (unpaired) electrons. The van der Waals surface area contributed by atoms with E-state index in [0.29, 0.717) is 5.92 Å². The SMILES string of the molecule is CCCC[C@H]1CC[C@H]([C@H]2CC[C@H](c3c(F)cc(OC)c(F)c3F)CC2)CC1. The monoisotopic (exact) mass is 382 g/mol. The van der Waals surface area contributed by atoms with Crippen LogP contribution in [0.3, 0.4) is 0 Å². The van der Waals surface area contributed by atoms with Crippen molar-refractivity contribution in [3.8, 4) is 5.75 Å². The molecule has 2 fully saturated rings. The molecule has 2 saturated carbocycles. The van der Waals surface area contributed by atoms with Gasteiger partial charge in [-0.2, -0.15) is 4.39 Å². The summed E-state index contributed by atoms with van der Waals surface area (Å²) in [6, 6.07) is 0.984. The number of ether oxygens (including phenoxy) is 1. The Morgan fingerprint density at radius 1 is 0.889 bits per heavy atom. The summed E-state index contributed by atoms with van der Waals surface area (Å²) in [5.74, 6) is -1.04. The maximum atomic E-state index is 14.4. The molecule has 0 aliphatic heterocycles. The largest absolute Gasteiger partial charge is 0.493 e. The highest BCUT2D eigenvalue weighted by Gasteiger charge is 2.34. The zero-order valence-corrected chi connectivity index (χ0v) is 16.7.